The van der Waals surface area contributed by atoms with Gasteiger partial charge >= 0.3 is 0 Å². The van der Waals surface area contributed by atoms with Crippen molar-refractivity contribution < 1.29 is 5.11 Å². The first-order chi connectivity index (χ1) is 5.77. The molecule has 3 atom stereocenters. The SMILES string of the molecule is CC1=CC[C@@H]2C(O)CCC[C@@H]2C1. The van der Waals surface area contributed by atoms with E-state index in [0.717, 1.165) is 18.8 Å². The maximum Gasteiger partial charge on any atom is 0.0574 e. The van der Waals surface area contributed by atoms with Gasteiger partial charge in [0.2, 0.25) is 0 Å². The zero-order valence-corrected chi connectivity index (χ0v) is 7.79. The number of aliphatic hydroxyl groups excluding tert-OH is 1. The van der Waals surface area contributed by atoms with Crippen molar-refractivity contribution >= 4 is 0 Å². The van der Waals surface area contributed by atoms with E-state index in [9.17, 15) is 5.11 Å². The number of rotatable bonds is 0. The second kappa shape index (κ2) is 3.21. The lowest BCUT2D eigenvalue weighted by Crippen LogP contribution is -2.33. The van der Waals surface area contributed by atoms with E-state index < -0.39 is 0 Å². The highest BCUT2D eigenvalue weighted by Crippen LogP contribution is 2.39. The molecule has 0 heterocycles. The fourth-order valence-corrected chi connectivity index (χ4v) is 2.77. The van der Waals surface area contributed by atoms with E-state index in [4.69, 9.17) is 0 Å². The third-order valence-electron chi connectivity index (χ3n) is 3.50. The smallest absolute Gasteiger partial charge is 0.0574 e. The van der Waals surface area contributed by atoms with Crippen LogP contribution in [0.1, 0.15) is 39.0 Å². The van der Waals surface area contributed by atoms with Crippen molar-refractivity contribution in [3.63, 3.8) is 0 Å². The van der Waals surface area contributed by atoms with Gasteiger partial charge in [0.1, 0.15) is 0 Å². The van der Waals surface area contributed by atoms with Crippen molar-refractivity contribution in [2.45, 2.75) is 45.1 Å². The summed E-state index contributed by atoms with van der Waals surface area (Å²) in [6, 6.07) is 0. The van der Waals surface area contributed by atoms with E-state index in [1.54, 1.807) is 0 Å². The van der Waals surface area contributed by atoms with E-state index in [1.165, 1.54) is 24.8 Å². The molecule has 0 bridgehead atoms. The highest BCUT2D eigenvalue weighted by Gasteiger charge is 2.33. The van der Waals surface area contributed by atoms with E-state index in [1.807, 2.05) is 0 Å². The average Bonchev–Trinajstić information content (AvgIpc) is 2.04. The molecule has 0 saturated heterocycles. The van der Waals surface area contributed by atoms with E-state index >= 15 is 0 Å². The Morgan fingerprint density at radius 1 is 1.42 bits per heavy atom. The quantitative estimate of drug-likeness (QED) is 0.548. The molecule has 0 spiro atoms. The third kappa shape index (κ3) is 1.42. The lowest BCUT2D eigenvalue weighted by Gasteiger charge is -2.38. The summed E-state index contributed by atoms with van der Waals surface area (Å²) < 4.78 is 0. The highest BCUT2D eigenvalue weighted by atomic mass is 16.3. The highest BCUT2D eigenvalue weighted by molar-refractivity contribution is 5.07. The summed E-state index contributed by atoms with van der Waals surface area (Å²) in [6.07, 6.45) is 8.28. The molecule has 1 fully saturated rings. The van der Waals surface area contributed by atoms with Gasteiger partial charge in [0, 0.05) is 0 Å². The Labute approximate surface area is 74.5 Å². The van der Waals surface area contributed by atoms with Gasteiger partial charge in [0.25, 0.3) is 0 Å². The second-order valence-corrected chi connectivity index (χ2v) is 4.41. The van der Waals surface area contributed by atoms with Crippen LogP contribution in [0.5, 0.6) is 0 Å². The molecule has 2 rings (SSSR count). The molecule has 1 nitrogen and oxygen atoms in total. The average molecular weight is 166 g/mol. The molecule has 0 radical (unpaired) electrons. The molecule has 1 N–H and O–H groups in total. The molecular formula is C11H18O. The maximum atomic E-state index is 9.76. The first kappa shape index (κ1) is 8.31. The Kier molecular flexibility index (Phi) is 2.22. The zero-order valence-electron chi connectivity index (χ0n) is 7.79. The molecule has 2 aliphatic carbocycles. The lowest BCUT2D eigenvalue weighted by molar-refractivity contribution is 0.0303. The minimum absolute atomic E-state index is 0.00639. The van der Waals surface area contributed by atoms with Crippen LogP contribution in [-0.2, 0) is 0 Å². The largest absolute Gasteiger partial charge is 0.393 e. The van der Waals surface area contributed by atoms with E-state index in [-0.39, 0.29) is 6.10 Å². The summed E-state index contributed by atoms with van der Waals surface area (Å²) in [5.41, 5.74) is 1.53. The van der Waals surface area contributed by atoms with Gasteiger partial charge in [0.05, 0.1) is 6.10 Å². The van der Waals surface area contributed by atoms with Crippen LogP contribution in [-0.4, -0.2) is 11.2 Å². The van der Waals surface area contributed by atoms with Crippen molar-refractivity contribution in [1.82, 2.24) is 0 Å². The van der Waals surface area contributed by atoms with Crippen LogP contribution in [0.3, 0.4) is 0 Å². The van der Waals surface area contributed by atoms with Crippen LogP contribution in [0, 0.1) is 11.8 Å². The van der Waals surface area contributed by atoms with Gasteiger partial charge in [-0.15, -0.1) is 0 Å². The summed E-state index contributed by atoms with van der Waals surface area (Å²) in [4.78, 5) is 0. The molecule has 0 aromatic heterocycles. The Bertz CT molecular complexity index is 195. The molecule has 0 aromatic carbocycles. The van der Waals surface area contributed by atoms with Gasteiger partial charge in [-0.3, -0.25) is 0 Å². The van der Waals surface area contributed by atoms with Crippen LogP contribution in [0.2, 0.25) is 0 Å². The van der Waals surface area contributed by atoms with Gasteiger partial charge in [-0.25, -0.2) is 0 Å². The summed E-state index contributed by atoms with van der Waals surface area (Å²) in [5, 5.41) is 9.76. The lowest BCUT2D eigenvalue weighted by atomic mass is 9.70. The molecule has 1 saturated carbocycles. The Morgan fingerprint density at radius 2 is 2.25 bits per heavy atom. The van der Waals surface area contributed by atoms with E-state index in [0.29, 0.717) is 5.92 Å². The van der Waals surface area contributed by atoms with Crippen LogP contribution >= 0.6 is 0 Å². The minimum atomic E-state index is -0.00639. The monoisotopic (exact) mass is 166 g/mol. The fourth-order valence-electron chi connectivity index (χ4n) is 2.77. The summed E-state index contributed by atoms with van der Waals surface area (Å²) >= 11 is 0. The maximum absolute atomic E-state index is 9.76. The normalized spacial score (nSPS) is 41.8. The molecule has 2 aliphatic rings. The van der Waals surface area contributed by atoms with Crippen LogP contribution < -0.4 is 0 Å². The molecular weight excluding hydrogens is 148 g/mol. The second-order valence-electron chi connectivity index (χ2n) is 4.41. The molecule has 0 amide bonds. The Hall–Kier alpha value is -0.300. The van der Waals surface area contributed by atoms with Crippen LogP contribution in [0.4, 0.5) is 0 Å². The number of allylic oxidation sites excluding steroid dienone is 2. The molecule has 0 aromatic rings. The van der Waals surface area contributed by atoms with Gasteiger partial charge < -0.3 is 5.11 Å². The predicted octanol–water partition coefficient (Wildman–Crippen LogP) is 2.50. The van der Waals surface area contributed by atoms with Crippen molar-refractivity contribution in [3.05, 3.63) is 11.6 Å². The fraction of sp³-hybridized carbons (Fsp3) is 0.818. The Morgan fingerprint density at radius 3 is 3.08 bits per heavy atom. The molecule has 1 unspecified atom stereocenters. The number of aliphatic hydroxyl groups is 1. The summed E-state index contributed by atoms with van der Waals surface area (Å²) in [6.45, 7) is 2.22. The van der Waals surface area contributed by atoms with Crippen molar-refractivity contribution in [2.75, 3.05) is 0 Å². The third-order valence-corrected chi connectivity index (χ3v) is 3.50. The predicted molar refractivity (Wildman–Crippen MR) is 49.8 cm³/mol. The van der Waals surface area contributed by atoms with Crippen molar-refractivity contribution in [3.8, 4) is 0 Å². The topological polar surface area (TPSA) is 20.2 Å². The number of hydrogen-bond acceptors (Lipinski definition) is 1. The first-order valence-electron chi connectivity index (χ1n) is 5.11. The summed E-state index contributed by atoms with van der Waals surface area (Å²) in [7, 11) is 0. The van der Waals surface area contributed by atoms with Crippen LogP contribution in [0.25, 0.3) is 0 Å². The number of fused-ring (bicyclic) bond motifs is 1. The zero-order chi connectivity index (χ0) is 8.55. The molecule has 0 aliphatic heterocycles. The van der Waals surface area contributed by atoms with Crippen LogP contribution in [0.15, 0.2) is 11.6 Å². The van der Waals surface area contributed by atoms with Gasteiger partial charge in [0.15, 0.2) is 0 Å². The van der Waals surface area contributed by atoms with Crippen molar-refractivity contribution in [2.24, 2.45) is 11.8 Å². The van der Waals surface area contributed by atoms with E-state index in [2.05, 4.69) is 13.0 Å². The standard InChI is InChI=1S/C11H18O/c1-8-5-6-10-9(7-8)3-2-4-11(10)12/h5,9-12H,2-4,6-7H2,1H3/t9-,10+,11?/m1/s1. The Balaban J connectivity index is 2.09. The van der Waals surface area contributed by atoms with Crippen molar-refractivity contribution in [1.29, 1.82) is 0 Å². The first-order valence-corrected chi connectivity index (χ1v) is 5.11. The van der Waals surface area contributed by atoms with Gasteiger partial charge in [-0.2, -0.15) is 0 Å². The summed E-state index contributed by atoms with van der Waals surface area (Å²) in [5.74, 6) is 1.38. The molecule has 68 valence electrons. The molecule has 1 heteroatoms. The van der Waals surface area contributed by atoms with Gasteiger partial charge in [-0.1, -0.05) is 18.1 Å². The number of hydrogen-bond donors (Lipinski definition) is 1. The molecule has 12 heavy (non-hydrogen) atoms. The van der Waals surface area contributed by atoms with Gasteiger partial charge in [-0.05, 0) is 44.4 Å². The minimum Gasteiger partial charge on any atom is -0.393 e.